The van der Waals surface area contributed by atoms with Crippen molar-refractivity contribution < 1.29 is 27.8 Å². The van der Waals surface area contributed by atoms with Crippen LogP contribution >= 0.6 is 11.3 Å². The zero-order valence-corrected chi connectivity index (χ0v) is 24.1. The first-order valence-electron chi connectivity index (χ1n) is 13.7. The Morgan fingerprint density at radius 2 is 1.85 bits per heavy atom. The second-order valence-corrected chi connectivity index (χ2v) is 12.0. The van der Waals surface area contributed by atoms with E-state index in [-0.39, 0.29) is 5.92 Å². The summed E-state index contributed by atoms with van der Waals surface area (Å²) in [4.78, 5) is 18.3. The van der Waals surface area contributed by atoms with Crippen molar-refractivity contribution in [2.24, 2.45) is 5.92 Å². The fourth-order valence-corrected chi connectivity index (χ4v) is 6.42. The summed E-state index contributed by atoms with van der Waals surface area (Å²) in [6, 6.07) is 11.4. The summed E-state index contributed by atoms with van der Waals surface area (Å²) in [5.74, 6) is -0.294. The molecular formula is C32H33F3N2O3S. The van der Waals surface area contributed by atoms with E-state index < -0.39 is 23.1 Å². The second kappa shape index (κ2) is 11.4. The third-order valence-electron chi connectivity index (χ3n) is 8.11. The Morgan fingerprint density at radius 1 is 1.15 bits per heavy atom. The molecule has 2 heterocycles. The first-order valence-corrected chi connectivity index (χ1v) is 14.5. The standard InChI is InChI=1S/C32H33F3N2O3S/c1-20-4-9-28(26(16-20)27-19-41-30(36-27)37-14-11-22(12-15-37)29(38)39)40-18-23-10-13-31(3,17-21(23)2)24-5-7-25(8-6-24)32(33,34)35/h4-10,13,16,19,22H,11-12,14-15,17-18H2,1-3H3,(H,38,39). The molecule has 5 nitrogen and oxygen atoms in total. The number of hydrogen-bond donors (Lipinski definition) is 1. The summed E-state index contributed by atoms with van der Waals surface area (Å²) in [7, 11) is 0. The molecule has 0 saturated carbocycles. The Hall–Kier alpha value is -3.59. The van der Waals surface area contributed by atoms with Crippen molar-refractivity contribution >= 4 is 22.4 Å². The van der Waals surface area contributed by atoms with Crippen molar-refractivity contribution in [3.8, 4) is 17.0 Å². The van der Waals surface area contributed by atoms with Gasteiger partial charge in [0.15, 0.2) is 5.13 Å². The van der Waals surface area contributed by atoms with E-state index in [0.717, 1.165) is 56.5 Å². The second-order valence-electron chi connectivity index (χ2n) is 11.2. The SMILES string of the molecule is CC1=C(COc2ccc(C)cc2-c2csc(N3CCC(C(=O)O)CC3)n2)C=CC(C)(c2ccc(C(F)(F)F)cc2)C1. The number of halogens is 3. The van der Waals surface area contributed by atoms with Gasteiger partial charge in [0.2, 0.25) is 0 Å². The fraction of sp³-hybridized carbons (Fsp3) is 0.375. The molecule has 1 aliphatic heterocycles. The van der Waals surface area contributed by atoms with E-state index in [0.29, 0.717) is 39.0 Å². The van der Waals surface area contributed by atoms with Crippen LogP contribution in [0.2, 0.25) is 0 Å². The van der Waals surface area contributed by atoms with Crippen molar-refractivity contribution in [3.05, 3.63) is 87.8 Å². The van der Waals surface area contributed by atoms with Crippen LogP contribution < -0.4 is 9.64 Å². The maximum Gasteiger partial charge on any atom is 0.416 e. The van der Waals surface area contributed by atoms with Crippen molar-refractivity contribution in [2.75, 3.05) is 24.6 Å². The highest BCUT2D eigenvalue weighted by molar-refractivity contribution is 7.14. The van der Waals surface area contributed by atoms with Gasteiger partial charge in [0.05, 0.1) is 17.2 Å². The number of aryl methyl sites for hydroxylation is 1. The molecule has 41 heavy (non-hydrogen) atoms. The molecule has 0 amide bonds. The molecule has 0 radical (unpaired) electrons. The molecular weight excluding hydrogens is 549 g/mol. The maximum absolute atomic E-state index is 13.0. The Labute approximate surface area is 242 Å². The van der Waals surface area contributed by atoms with Gasteiger partial charge < -0.3 is 14.7 Å². The molecule has 3 aromatic rings. The van der Waals surface area contributed by atoms with Crippen LogP contribution in [0.3, 0.4) is 0 Å². The summed E-state index contributed by atoms with van der Waals surface area (Å²) >= 11 is 1.55. The summed E-state index contributed by atoms with van der Waals surface area (Å²) in [5, 5.41) is 12.2. The molecule has 1 N–H and O–H groups in total. The number of piperidine rings is 1. The van der Waals surface area contributed by atoms with Crippen LogP contribution in [0.4, 0.5) is 18.3 Å². The number of anilines is 1. The minimum atomic E-state index is -4.35. The van der Waals surface area contributed by atoms with Gasteiger partial charge in [0.1, 0.15) is 12.4 Å². The van der Waals surface area contributed by atoms with E-state index in [4.69, 9.17) is 9.72 Å². The largest absolute Gasteiger partial charge is 0.488 e. The number of hydrogen-bond acceptors (Lipinski definition) is 5. The van der Waals surface area contributed by atoms with Gasteiger partial charge in [0.25, 0.3) is 0 Å². The monoisotopic (exact) mass is 582 g/mol. The number of carboxylic acids is 1. The van der Waals surface area contributed by atoms with Gasteiger partial charge in [-0.2, -0.15) is 13.2 Å². The van der Waals surface area contributed by atoms with Gasteiger partial charge >= 0.3 is 12.1 Å². The van der Waals surface area contributed by atoms with Crippen molar-refractivity contribution in [1.82, 2.24) is 4.98 Å². The van der Waals surface area contributed by atoms with Gasteiger partial charge in [-0.1, -0.05) is 48.4 Å². The van der Waals surface area contributed by atoms with Crippen LogP contribution in [-0.2, 0) is 16.4 Å². The molecule has 1 aromatic heterocycles. The van der Waals surface area contributed by atoms with Crippen LogP contribution in [0.1, 0.15) is 49.8 Å². The summed E-state index contributed by atoms with van der Waals surface area (Å²) in [5.41, 5.74) is 4.78. The summed E-state index contributed by atoms with van der Waals surface area (Å²) < 4.78 is 45.4. The Kier molecular flexibility index (Phi) is 8.01. The maximum atomic E-state index is 13.0. The zero-order chi connectivity index (χ0) is 29.4. The minimum Gasteiger partial charge on any atom is -0.488 e. The first kappa shape index (κ1) is 28.9. The Balaban J connectivity index is 1.28. The molecule has 1 saturated heterocycles. The molecule has 0 spiro atoms. The van der Waals surface area contributed by atoms with Gasteiger partial charge in [0, 0.05) is 29.4 Å². The smallest absolute Gasteiger partial charge is 0.416 e. The number of aromatic nitrogens is 1. The first-order chi connectivity index (χ1) is 19.4. The van der Waals surface area contributed by atoms with Crippen molar-refractivity contribution in [1.29, 1.82) is 0 Å². The van der Waals surface area contributed by atoms with Gasteiger partial charge in [-0.05, 0) is 68.5 Å². The molecule has 0 bridgehead atoms. The van der Waals surface area contributed by atoms with Crippen LogP contribution in [0.25, 0.3) is 11.3 Å². The number of alkyl halides is 3. The van der Waals surface area contributed by atoms with Crippen LogP contribution in [-0.4, -0.2) is 35.8 Å². The number of nitrogens with zero attached hydrogens (tertiary/aromatic N) is 2. The lowest BCUT2D eigenvalue weighted by Gasteiger charge is -2.32. The van der Waals surface area contributed by atoms with E-state index in [9.17, 15) is 23.1 Å². The van der Waals surface area contributed by atoms with E-state index in [2.05, 4.69) is 17.0 Å². The number of thiazole rings is 1. The van der Waals surface area contributed by atoms with Crippen molar-refractivity contribution in [2.45, 2.75) is 51.6 Å². The number of aliphatic carboxylic acids is 1. The highest BCUT2D eigenvalue weighted by atomic mass is 32.1. The lowest BCUT2D eigenvalue weighted by atomic mass is 9.73. The minimum absolute atomic E-state index is 0.290. The molecule has 2 aliphatic rings. The normalized spacial score (nSPS) is 20.0. The number of ether oxygens (including phenoxy) is 1. The molecule has 1 fully saturated rings. The van der Waals surface area contributed by atoms with Crippen LogP contribution in [0, 0.1) is 12.8 Å². The number of allylic oxidation sites excluding steroid dienone is 2. The van der Waals surface area contributed by atoms with Gasteiger partial charge in [-0.15, -0.1) is 11.3 Å². The van der Waals surface area contributed by atoms with E-state index in [1.165, 1.54) is 0 Å². The van der Waals surface area contributed by atoms with Gasteiger partial charge in [-0.3, -0.25) is 4.79 Å². The highest BCUT2D eigenvalue weighted by Gasteiger charge is 2.33. The lowest BCUT2D eigenvalue weighted by Crippen LogP contribution is -2.36. The quantitative estimate of drug-likeness (QED) is 0.305. The topological polar surface area (TPSA) is 62.7 Å². The Bertz CT molecular complexity index is 1480. The molecule has 1 unspecified atom stereocenters. The Morgan fingerprint density at radius 3 is 2.49 bits per heavy atom. The van der Waals surface area contributed by atoms with Gasteiger partial charge in [-0.25, -0.2) is 4.98 Å². The van der Waals surface area contributed by atoms with Crippen molar-refractivity contribution in [3.63, 3.8) is 0 Å². The molecule has 5 rings (SSSR count). The predicted molar refractivity (Wildman–Crippen MR) is 156 cm³/mol. The number of benzene rings is 2. The molecule has 216 valence electrons. The average Bonchev–Trinajstić information content (AvgIpc) is 3.43. The number of carboxylic acid groups (broad SMARTS) is 1. The number of carbonyl (C=O) groups is 1. The third-order valence-corrected chi connectivity index (χ3v) is 9.01. The molecule has 1 atom stereocenters. The zero-order valence-electron chi connectivity index (χ0n) is 23.3. The predicted octanol–water partition coefficient (Wildman–Crippen LogP) is 8.05. The fourth-order valence-electron chi connectivity index (χ4n) is 5.54. The summed E-state index contributed by atoms with van der Waals surface area (Å²) in [6.45, 7) is 7.81. The summed E-state index contributed by atoms with van der Waals surface area (Å²) in [6.07, 6.45) is 1.63. The molecule has 1 aliphatic carbocycles. The lowest BCUT2D eigenvalue weighted by molar-refractivity contribution is -0.142. The number of rotatable bonds is 7. The molecule has 2 aromatic carbocycles. The average molecular weight is 583 g/mol. The molecule has 9 heteroatoms. The highest BCUT2D eigenvalue weighted by Crippen LogP contribution is 2.40. The van der Waals surface area contributed by atoms with Crippen LogP contribution in [0.15, 0.2) is 71.1 Å². The van der Waals surface area contributed by atoms with E-state index in [1.807, 2.05) is 44.4 Å². The van der Waals surface area contributed by atoms with E-state index >= 15 is 0 Å². The van der Waals surface area contributed by atoms with Crippen LogP contribution in [0.5, 0.6) is 5.75 Å². The van der Waals surface area contributed by atoms with E-state index in [1.54, 1.807) is 23.5 Å². The third kappa shape index (κ3) is 6.35.